The van der Waals surface area contributed by atoms with E-state index in [-0.39, 0.29) is 11.9 Å². The van der Waals surface area contributed by atoms with E-state index in [0.717, 1.165) is 24.1 Å². The van der Waals surface area contributed by atoms with E-state index in [1.165, 1.54) is 0 Å². The van der Waals surface area contributed by atoms with Gasteiger partial charge in [0.2, 0.25) is 5.91 Å². The molecule has 0 bridgehead atoms. The molecule has 21 heavy (non-hydrogen) atoms. The fraction of sp³-hybridized carbons (Fsp3) is 0.562. The van der Waals surface area contributed by atoms with Gasteiger partial charge in [-0.25, -0.2) is 0 Å². The fourth-order valence-electron chi connectivity index (χ4n) is 2.41. The normalized spacial score (nSPS) is 15.6. The first-order valence-corrected chi connectivity index (χ1v) is 7.48. The molecule has 1 aliphatic carbocycles. The number of carbonyl (C=O) groups is 1. The van der Waals surface area contributed by atoms with Crippen molar-refractivity contribution in [2.24, 2.45) is 5.73 Å². The highest BCUT2D eigenvalue weighted by Crippen LogP contribution is 2.31. The highest BCUT2D eigenvalue weighted by molar-refractivity contribution is 5.82. The van der Waals surface area contributed by atoms with E-state index in [9.17, 15) is 4.79 Å². The lowest BCUT2D eigenvalue weighted by Crippen LogP contribution is -2.43. The number of benzene rings is 1. The van der Waals surface area contributed by atoms with Crippen LogP contribution in [0.15, 0.2) is 24.3 Å². The third-order valence-electron chi connectivity index (χ3n) is 3.63. The maximum Gasteiger partial charge on any atom is 0.239 e. The molecule has 3 N–H and O–H groups in total. The standard InChI is InChI=1S/C16H25N3O2/c1-12(11-21-2)18-16(20)10-19(15-7-8-15)14-5-3-13(9-17)4-6-14/h3-6,12,15H,7-11,17H2,1-2H3,(H,18,20). The Morgan fingerprint density at radius 1 is 1.43 bits per heavy atom. The van der Waals surface area contributed by atoms with Crippen molar-refractivity contribution in [3.63, 3.8) is 0 Å². The minimum absolute atomic E-state index is 0.0307. The summed E-state index contributed by atoms with van der Waals surface area (Å²) in [5.74, 6) is 0.0364. The smallest absolute Gasteiger partial charge is 0.239 e. The zero-order valence-corrected chi connectivity index (χ0v) is 12.8. The number of carbonyl (C=O) groups excluding carboxylic acids is 1. The second kappa shape index (κ2) is 7.43. The van der Waals surface area contributed by atoms with Gasteiger partial charge in [0, 0.05) is 31.4 Å². The number of methoxy groups -OCH3 is 1. The summed E-state index contributed by atoms with van der Waals surface area (Å²) in [6.07, 6.45) is 2.30. The van der Waals surface area contributed by atoms with Crippen molar-refractivity contribution < 1.29 is 9.53 Å². The van der Waals surface area contributed by atoms with Crippen LogP contribution in [0.4, 0.5) is 5.69 Å². The first-order chi connectivity index (χ1) is 10.1. The van der Waals surface area contributed by atoms with E-state index in [0.29, 0.717) is 25.7 Å². The highest BCUT2D eigenvalue weighted by Gasteiger charge is 2.30. The Balaban J connectivity index is 1.97. The zero-order valence-electron chi connectivity index (χ0n) is 12.8. The van der Waals surface area contributed by atoms with Crippen LogP contribution in [0.1, 0.15) is 25.3 Å². The summed E-state index contributed by atoms with van der Waals surface area (Å²) in [5.41, 5.74) is 7.81. The number of ether oxygens (including phenoxy) is 1. The van der Waals surface area contributed by atoms with Crippen molar-refractivity contribution in [3.05, 3.63) is 29.8 Å². The molecule has 116 valence electrons. The molecule has 0 radical (unpaired) electrons. The molecule has 0 saturated heterocycles. The van der Waals surface area contributed by atoms with Crippen LogP contribution >= 0.6 is 0 Å². The number of nitrogens with zero attached hydrogens (tertiary/aromatic N) is 1. The van der Waals surface area contributed by atoms with Gasteiger partial charge in [0.1, 0.15) is 0 Å². The summed E-state index contributed by atoms with van der Waals surface area (Å²) in [6.45, 7) is 3.40. The molecule has 1 unspecified atom stereocenters. The van der Waals surface area contributed by atoms with Crippen molar-refractivity contribution in [1.82, 2.24) is 5.32 Å². The molecule has 0 aromatic heterocycles. The lowest BCUT2D eigenvalue weighted by atomic mass is 10.2. The maximum atomic E-state index is 12.1. The Kier molecular flexibility index (Phi) is 5.59. The number of amides is 1. The van der Waals surface area contributed by atoms with Crippen molar-refractivity contribution in [3.8, 4) is 0 Å². The SMILES string of the molecule is COCC(C)NC(=O)CN(c1ccc(CN)cc1)C1CC1. The average Bonchev–Trinajstić information content (AvgIpc) is 3.29. The Morgan fingerprint density at radius 3 is 2.62 bits per heavy atom. The molecule has 0 spiro atoms. The van der Waals surface area contributed by atoms with E-state index in [1.54, 1.807) is 7.11 Å². The van der Waals surface area contributed by atoms with E-state index < -0.39 is 0 Å². The molecule has 0 heterocycles. The van der Waals surface area contributed by atoms with E-state index in [2.05, 4.69) is 10.2 Å². The number of rotatable bonds is 8. The van der Waals surface area contributed by atoms with Gasteiger partial charge >= 0.3 is 0 Å². The topological polar surface area (TPSA) is 67.6 Å². The summed E-state index contributed by atoms with van der Waals surface area (Å²) < 4.78 is 5.04. The number of hydrogen-bond acceptors (Lipinski definition) is 4. The van der Waals surface area contributed by atoms with Gasteiger partial charge in [-0.2, -0.15) is 0 Å². The maximum absolute atomic E-state index is 12.1. The van der Waals surface area contributed by atoms with E-state index in [1.807, 2.05) is 31.2 Å². The molecule has 0 aliphatic heterocycles. The molecular formula is C16H25N3O2. The fourth-order valence-corrected chi connectivity index (χ4v) is 2.41. The number of nitrogens with two attached hydrogens (primary N) is 1. The van der Waals surface area contributed by atoms with Crippen molar-refractivity contribution >= 4 is 11.6 Å². The lowest BCUT2D eigenvalue weighted by Gasteiger charge is -2.25. The van der Waals surface area contributed by atoms with Gasteiger partial charge in [-0.15, -0.1) is 0 Å². The molecule has 1 amide bonds. The first kappa shape index (κ1) is 15.8. The van der Waals surface area contributed by atoms with Gasteiger partial charge in [0.25, 0.3) is 0 Å². The number of anilines is 1. The van der Waals surface area contributed by atoms with Crippen molar-refractivity contribution in [2.75, 3.05) is 25.2 Å². The van der Waals surface area contributed by atoms with Gasteiger partial charge < -0.3 is 20.7 Å². The van der Waals surface area contributed by atoms with Gasteiger partial charge in [-0.1, -0.05) is 12.1 Å². The van der Waals surface area contributed by atoms with Crippen molar-refractivity contribution in [1.29, 1.82) is 0 Å². The van der Waals surface area contributed by atoms with Crippen LogP contribution in [-0.2, 0) is 16.1 Å². The van der Waals surface area contributed by atoms with Gasteiger partial charge in [-0.3, -0.25) is 4.79 Å². The third-order valence-corrected chi connectivity index (χ3v) is 3.63. The minimum atomic E-state index is 0.0307. The Hall–Kier alpha value is -1.59. The van der Waals surface area contributed by atoms with Crippen LogP contribution in [0.5, 0.6) is 0 Å². The molecule has 1 fully saturated rings. The monoisotopic (exact) mass is 291 g/mol. The molecule has 5 nitrogen and oxygen atoms in total. The Bertz CT molecular complexity index is 457. The van der Waals surface area contributed by atoms with Crippen LogP contribution in [0, 0.1) is 0 Å². The van der Waals surface area contributed by atoms with Crippen LogP contribution in [0.25, 0.3) is 0 Å². The van der Waals surface area contributed by atoms with Crippen LogP contribution in [0.3, 0.4) is 0 Å². The summed E-state index contributed by atoms with van der Waals surface area (Å²) in [6, 6.07) is 8.66. The highest BCUT2D eigenvalue weighted by atomic mass is 16.5. The van der Waals surface area contributed by atoms with Crippen LogP contribution in [0.2, 0.25) is 0 Å². The van der Waals surface area contributed by atoms with E-state index in [4.69, 9.17) is 10.5 Å². The minimum Gasteiger partial charge on any atom is -0.383 e. The van der Waals surface area contributed by atoms with Gasteiger partial charge in [-0.05, 0) is 37.5 Å². The molecule has 1 aromatic rings. The predicted molar refractivity (Wildman–Crippen MR) is 84.2 cm³/mol. The number of nitrogens with one attached hydrogen (secondary N) is 1. The van der Waals surface area contributed by atoms with Crippen LogP contribution < -0.4 is 16.0 Å². The zero-order chi connectivity index (χ0) is 15.2. The predicted octanol–water partition coefficient (Wildman–Crippen LogP) is 1.27. The summed E-state index contributed by atoms with van der Waals surface area (Å²) >= 11 is 0. The summed E-state index contributed by atoms with van der Waals surface area (Å²) in [4.78, 5) is 14.3. The summed E-state index contributed by atoms with van der Waals surface area (Å²) in [7, 11) is 1.64. The molecule has 1 aliphatic rings. The third kappa shape index (κ3) is 4.72. The molecule has 1 aromatic carbocycles. The van der Waals surface area contributed by atoms with Gasteiger partial charge in [0.05, 0.1) is 13.2 Å². The summed E-state index contributed by atoms with van der Waals surface area (Å²) in [5, 5.41) is 2.96. The second-order valence-electron chi connectivity index (χ2n) is 5.65. The van der Waals surface area contributed by atoms with Gasteiger partial charge in [0.15, 0.2) is 0 Å². The largest absolute Gasteiger partial charge is 0.383 e. The molecule has 1 saturated carbocycles. The Morgan fingerprint density at radius 2 is 2.10 bits per heavy atom. The number of hydrogen-bond donors (Lipinski definition) is 2. The molecular weight excluding hydrogens is 266 g/mol. The Labute approximate surface area is 126 Å². The first-order valence-electron chi connectivity index (χ1n) is 7.48. The lowest BCUT2D eigenvalue weighted by molar-refractivity contribution is -0.120. The average molecular weight is 291 g/mol. The van der Waals surface area contributed by atoms with E-state index >= 15 is 0 Å². The molecule has 2 rings (SSSR count). The van der Waals surface area contributed by atoms with Crippen LogP contribution in [-0.4, -0.2) is 38.3 Å². The molecule has 1 atom stereocenters. The molecule has 5 heteroatoms. The van der Waals surface area contributed by atoms with Crippen molar-refractivity contribution in [2.45, 2.75) is 38.4 Å². The second-order valence-corrected chi connectivity index (χ2v) is 5.65. The quantitative estimate of drug-likeness (QED) is 0.757.